The van der Waals surface area contributed by atoms with Crippen molar-refractivity contribution in [1.29, 1.82) is 0 Å². The molecule has 170 valence electrons. The Labute approximate surface area is 188 Å². The van der Waals surface area contributed by atoms with Gasteiger partial charge in [-0.3, -0.25) is 4.79 Å². The second kappa shape index (κ2) is 13.3. The van der Waals surface area contributed by atoms with Gasteiger partial charge in [-0.05, 0) is 61.3 Å². The molecule has 1 atom stereocenters. The van der Waals surface area contributed by atoms with Crippen molar-refractivity contribution < 1.29 is 9.53 Å². The van der Waals surface area contributed by atoms with Crippen LogP contribution in [-0.2, 0) is 28.9 Å². The van der Waals surface area contributed by atoms with E-state index in [2.05, 4.69) is 42.2 Å². The second-order valence-corrected chi connectivity index (χ2v) is 8.18. The number of nitrogens with zero attached hydrogens (tertiary/aromatic N) is 1. The molecule has 4 heteroatoms. The van der Waals surface area contributed by atoms with E-state index in [1.165, 1.54) is 22.3 Å². The summed E-state index contributed by atoms with van der Waals surface area (Å²) in [6.45, 7) is 7.97. The Morgan fingerprint density at radius 1 is 1.13 bits per heavy atom. The van der Waals surface area contributed by atoms with E-state index in [9.17, 15) is 4.79 Å². The molecule has 1 aliphatic rings. The van der Waals surface area contributed by atoms with Crippen LogP contribution in [0.5, 0.6) is 0 Å². The SMILES string of the molecule is CC.COCCCc1ccc(C)c(CN(C(=O)C(CN)Cc2ccccc2)C2CC2)c1. The van der Waals surface area contributed by atoms with E-state index in [1.807, 2.05) is 32.0 Å². The van der Waals surface area contributed by atoms with Crippen LogP contribution in [0.15, 0.2) is 48.5 Å². The average Bonchev–Trinajstić information content (AvgIpc) is 3.64. The van der Waals surface area contributed by atoms with Gasteiger partial charge in [0, 0.05) is 32.8 Å². The molecule has 2 aromatic rings. The van der Waals surface area contributed by atoms with Crippen LogP contribution in [0.1, 0.15) is 55.4 Å². The van der Waals surface area contributed by atoms with Crippen molar-refractivity contribution in [1.82, 2.24) is 4.90 Å². The maximum atomic E-state index is 13.4. The van der Waals surface area contributed by atoms with Gasteiger partial charge in [0.1, 0.15) is 0 Å². The van der Waals surface area contributed by atoms with Crippen molar-refractivity contribution in [2.24, 2.45) is 11.7 Å². The van der Waals surface area contributed by atoms with E-state index < -0.39 is 0 Å². The number of carbonyl (C=O) groups excluding carboxylic acids is 1. The molecule has 2 aromatic carbocycles. The number of methoxy groups -OCH3 is 1. The Morgan fingerprint density at radius 3 is 2.45 bits per heavy atom. The molecule has 0 aromatic heterocycles. The monoisotopic (exact) mass is 424 g/mol. The van der Waals surface area contributed by atoms with Crippen molar-refractivity contribution in [3.63, 3.8) is 0 Å². The van der Waals surface area contributed by atoms with Gasteiger partial charge in [-0.15, -0.1) is 0 Å². The molecule has 4 nitrogen and oxygen atoms in total. The van der Waals surface area contributed by atoms with E-state index >= 15 is 0 Å². The highest BCUT2D eigenvalue weighted by Gasteiger charge is 2.35. The molecular formula is C27H40N2O2. The summed E-state index contributed by atoms with van der Waals surface area (Å²) in [4.78, 5) is 15.5. The van der Waals surface area contributed by atoms with Crippen LogP contribution in [0.2, 0.25) is 0 Å². The van der Waals surface area contributed by atoms with Crippen LogP contribution in [0.3, 0.4) is 0 Å². The first kappa shape index (κ1) is 25.1. The summed E-state index contributed by atoms with van der Waals surface area (Å²) in [5.74, 6) is 0.0335. The molecule has 1 saturated carbocycles. The summed E-state index contributed by atoms with van der Waals surface area (Å²) in [7, 11) is 1.74. The number of ether oxygens (including phenoxy) is 1. The first-order chi connectivity index (χ1) is 15.1. The van der Waals surface area contributed by atoms with Gasteiger partial charge in [-0.1, -0.05) is 62.4 Å². The summed E-state index contributed by atoms with van der Waals surface area (Å²) in [5, 5.41) is 0. The predicted molar refractivity (Wildman–Crippen MR) is 129 cm³/mol. The summed E-state index contributed by atoms with van der Waals surface area (Å²) < 4.78 is 5.18. The Kier molecular flexibility index (Phi) is 10.8. The van der Waals surface area contributed by atoms with Crippen LogP contribution in [-0.4, -0.2) is 37.1 Å². The minimum absolute atomic E-state index is 0.164. The number of benzene rings is 2. The molecule has 1 fully saturated rings. The number of hydrogen-bond donors (Lipinski definition) is 1. The summed E-state index contributed by atoms with van der Waals surface area (Å²) >= 11 is 0. The number of amides is 1. The van der Waals surface area contributed by atoms with E-state index in [-0.39, 0.29) is 11.8 Å². The molecule has 31 heavy (non-hydrogen) atoms. The smallest absolute Gasteiger partial charge is 0.227 e. The zero-order valence-electron chi connectivity index (χ0n) is 19.8. The van der Waals surface area contributed by atoms with Crippen molar-refractivity contribution in [3.05, 3.63) is 70.8 Å². The standard InChI is InChI=1S/C25H34N2O2.C2H6/c1-19-10-11-21(9-6-14-29-2)16-23(19)18-27(24-12-13-24)25(28)22(17-26)15-20-7-4-3-5-8-20;1-2/h3-5,7-8,10-11,16,22,24H,6,9,12-15,17-18,26H2,1-2H3;1-2H3. The van der Waals surface area contributed by atoms with Crippen LogP contribution in [0.25, 0.3) is 0 Å². The third-order valence-corrected chi connectivity index (χ3v) is 5.80. The van der Waals surface area contributed by atoms with Crippen molar-refractivity contribution in [2.75, 3.05) is 20.3 Å². The predicted octanol–water partition coefficient (Wildman–Crippen LogP) is 4.91. The minimum Gasteiger partial charge on any atom is -0.385 e. The molecule has 0 spiro atoms. The molecule has 0 heterocycles. The second-order valence-electron chi connectivity index (χ2n) is 8.18. The molecule has 0 aliphatic heterocycles. The fraction of sp³-hybridized carbons (Fsp3) is 0.519. The molecule has 0 bridgehead atoms. The Hall–Kier alpha value is -2.17. The van der Waals surface area contributed by atoms with Gasteiger partial charge in [0.15, 0.2) is 0 Å². The van der Waals surface area contributed by atoms with E-state index in [0.717, 1.165) is 32.3 Å². The molecular weight excluding hydrogens is 384 g/mol. The summed E-state index contributed by atoms with van der Waals surface area (Å²) in [6, 6.07) is 17.2. The first-order valence-corrected chi connectivity index (χ1v) is 11.7. The van der Waals surface area contributed by atoms with Gasteiger partial charge in [-0.25, -0.2) is 0 Å². The largest absolute Gasteiger partial charge is 0.385 e. The molecule has 2 N–H and O–H groups in total. The van der Waals surface area contributed by atoms with Crippen LogP contribution >= 0.6 is 0 Å². The Morgan fingerprint density at radius 2 is 1.84 bits per heavy atom. The molecule has 0 radical (unpaired) electrons. The highest BCUT2D eigenvalue weighted by atomic mass is 16.5. The third kappa shape index (κ3) is 7.79. The van der Waals surface area contributed by atoms with Gasteiger partial charge in [0.2, 0.25) is 5.91 Å². The van der Waals surface area contributed by atoms with Gasteiger partial charge < -0.3 is 15.4 Å². The third-order valence-electron chi connectivity index (χ3n) is 5.80. The lowest BCUT2D eigenvalue weighted by atomic mass is 9.96. The van der Waals surface area contributed by atoms with E-state index in [1.54, 1.807) is 7.11 Å². The van der Waals surface area contributed by atoms with Crippen LogP contribution in [0, 0.1) is 12.8 Å². The first-order valence-electron chi connectivity index (χ1n) is 11.7. The topological polar surface area (TPSA) is 55.6 Å². The average molecular weight is 425 g/mol. The summed E-state index contributed by atoms with van der Waals surface area (Å²) in [6.07, 6.45) is 4.91. The highest BCUT2D eigenvalue weighted by Crippen LogP contribution is 2.31. The van der Waals surface area contributed by atoms with E-state index in [4.69, 9.17) is 10.5 Å². The molecule has 3 rings (SSSR count). The number of nitrogens with two attached hydrogens (primary N) is 1. The number of hydrogen-bond acceptors (Lipinski definition) is 3. The number of aryl methyl sites for hydroxylation is 2. The highest BCUT2D eigenvalue weighted by molar-refractivity contribution is 5.80. The van der Waals surface area contributed by atoms with Gasteiger partial charge in [0.25, 0.3) is 0 Å². The zero-order chi connectivity index (χ0) is 22.6. The fourth-order valence-corrected chi connectivity index (χ4v) is 3.83. The molecule has 1 amide bonds. The van der Waals surface area contributed by atoms with Gasteiger partial charge in [-0.2, -0.15) is 0 Å². The lowest BCUT2D eigenvalue weighted by molar-refractivity contribution is -0.136. The van der Waals surface area contributed by atoms with Crippen molar-refractivity contribution in [3.8, 4) is 0 Å². The zero-order valence-corrected chi connectivity index (χ0v) is 19.8. The van der Waals surface area contributed by atoms with Crippen LogP contribution in [0.4, 0.5) is 0 Å². The number of rotatable bonds is 11. The quantitative estimate of drug-likeness (QED) is 0.522. The van der Waals surface area contributed by atoms with Crippen molar-refractivity contribution >= 4 is 5.91 Å². The van der Waals surface area contributed by atoms with Gasteiger partial charge >= 0.3 is 0 Å². The minimum atomic E-state index is -0.164. The molecule has 1 unspecified atom stereocenters. The Balaban J connectivity index is 0.00000166. The van der Waals surface area contributed by atoms with E-state index in [0.29, 0.717) is 25.6 Å². The van der Waals surface area contributed by atoms with Crippen LogP contribution < -0.4 is 5.73 Å². The maximum Gasteiger partial charge on any atom is 0.227 e. The lowest BCUT2D eigenvalue weighted by Gasteiger charge is -2.28. The molecule has 1 aliphatic carbocycles. The summed E-state index contributed by atoms with van der Waals surface area (Å²) in [5.41, 5.74) is 11.0. The van der Waals surface area contributed by atoms with Gasteiger partial charge in [0.05, 0.1) is 5.92 Å². The maximum absolute atomic E-state index is 13.4. The molecule has 0 saturated heterocycles. The number of carbonyl (C=O) groups is 1. The Bertz CT molecular complexity index is 787. The van der Waals surface area contributed by atoms with Crippen molar-refractivity contribution in [2.45, 2.75) is 65.5 Å². The lowest BCUT2D eigenvalue weighted by Crippen LogP contribution is -2.41. The fourth-order valence-electron chi connectivity index (χ4n) is 3.83. The normalized spacial score (nSPS) is 13.8.